The second-order valence-corrected chi connectivity index (χ2v) is 9.30. The molecule has 1 aliphatic heterocycles. The predicted molar refractivity (Wildman–Crippen MR) is 115 cm³/mol. The van der Waals surface area contributed by atoms with Gasteiger partial charge in [-0.15, -0.1) is 0 Å². The van der Waals surface area contributed by atoms with Crippen LogP contribution < -0.4 is 9.47 Å². The number of hydrogen-bond acceptors (Lipinski definition) is 5. The standard InChI is InChI=1S/C21H25ClN2O5S/c1-23(13-14-29-18-8-4-3-7-17(18)22)21(25)16-9-10-19(28-2)20(15-16)30(26,27)24-11-5-6-12-24/h3-4,7-10,15H,5-6,11-14H2,1-2H3. The van der Waals surface area contributed by atoms with Gasteiger partial charge in [-0.3, -0.25) is 4.79 Å². The fourth-order valence-electron chi connectivity index (χ4n) is 3.26. The molecule has 9 heteroatoms. The van der Waals surface area contributed by atoms with Crippen LogP contribution in [0.2, 0.25) is 5.02 Å². The summed E-state index contributed by atoms with van der Waals surface area (Å²) in [6, 6.07) is 11.6. The molecule has 1 heterocycles. The van der Waals surface area contributed by atoms with E-state index < -0.39 is 10.0 Å². The average Bonchev–Trinajstić information content (AvgIpc) is 3.30. The molecule has 1 saturated heterocycles. The van der Waals surface area contributed by atoms with Crippen LogP contribution in [0, 0.1) is 0 Å². The Morgan fingerprint density at radius 2 is 1.83 bits per heavy atom. The van der Waals surface area contributed by atoms with Gasteiger partial charge in [0.25, 0.3) is 5.91 Å². The summed E-state index contributed by atoms with van der Waals surface area (Å²) in [5, 5.41) is 0.499. The van der Waals surface area contributed by atoms with Gasteiger partial charge in [0, 0.05) is 25.7 Å². The van der Waals surface area contributed by atoms with Crippen LogP contribution >= 0.6 is 11.6 Å². The minimum atomic E-state index is -3.72. The maximum Gasteiger partial charge on any atom is 0.253 e. The molecule has 0 radical (unpaired) electrons. The molecule has 1 amide bonds. The normalized spacial score (nSPS) is 14.5. The number of hydrogen-bond donors (Lipinski definition) is 0. The third kappa shape index (κ3) is 4.88. The lowest BCUT2D eigenvalue weighted by Gasteiger charge is -2.20. The number of methoxy groups -OCH3 is 1. The summed E-state index contributed by atoms with van der Waals surface area (Å²) >= 11 is 6.06. The molecule has 0 aliphatic carbocycles. The van der Waals surface area contributed by atoms with Crippen LogP contribution in [0.3, 0.4) is 0 Å². The zero-order valence-corrected chi connectivity index (χ0v) is 18.6. The number of carbonyl (C=O) groups is 1. The molecule has 0 N–H and O–H groups in total. The number of halogens is 1. The first-order chi connectivity index (χ1) is 14.3. The topological polar surface area (TPSA) is 76.1 Å². The van der Waals surface area contributed by atoms with E-state index in [-0.39, 0.29) is 28.7 Å². The average molecular weight is 453 g/mol. The molecule has 0 bridgehead atoms. The minimum Gasteiger partial charge on any atom is -0.495 e. The van der Waals surface area contributed by atoms with Crippen molar-refractivity contribution in [3.8, 4) is 11.5 Å². The number of para-hydroxylation sites is 1. The second kappa shape index (κ2) is 9.68. The highest BCUT2D eigenvalue weighted by molar-refractivity contribution is 7.89. The van der Waals surface area contributed by atoms with Crippen LogP contribution in [-0.4, -0.2) is 63.9 Å². The van der Waals surface area contributed by atoms with Crippen molar-refractivity contribution < 1.29 is 22.7 Å². The molecular formula is C21H25ClN2O5S. The molecule has 3 rings (SSSR count). The summed E-state index contributed by atoms with van der Waals surface area (Å²) in [4.78, 5) is 14.3. The van der Waals surface area contributed by atoms with E-state index in [1.807, 2.05) is 12.1 Å². The molecule has 2 aromatic rings. The number of benzene rings is 2. The zero-order chi connectivity index (χ0) is 21.7. The monoisotopic (exact) mass is 452 g/mol. The molecule has 1 fully saturated rings. The van der Waals surface area contributed by atoms with E-state index in [1.54, 1.807) is 25.2 Å². The molecule has 2 aromatic carbocycles. The van der Waals surface area contributed by atoms with Crippen molar-refractivity contribution >= 4 is 27.5 Å². The van der Waals surface area contributed by atoms with E-state index in [0.29, 0.717) is 30.4 Å². The van der Waals surface area contributed by atoms with Crippen molar-refractivity contribution in [3.05, 3.63) is 53.1 Å². The maximum atomic E-state index is 13.0. The van der Waals surface area contributed by atoms with Crippen LogP contribution in [-0.2, 0) is 10.0 Å². The molecule has 0 saturated carbocycles. The van der Waals surface area contributed by atoms with Crippen LogP contribution in [0.4, 0.5) is 0 Å². The highest BCUT2D eigenvalue weighted by Crippen LogP contribution is 2.30. The first-order valence-corrected chi connectivity index (χ1v) is 11.5. The first-order valence-electron chi connectivity index (χ1n) is 9.65. The van der Waals surface area contributed by atoms with Gasteiger partial charge in [-0.1, -0.05) is 23.7 Å². The number of likely N-dealkylation sites (N-methyl/N-ethyl adjacent to an activating group) is 1. The Morgan fingerprint density at radius 1 is 1.13 bits per heavy atom. The van der Waals surface area contributed by atoms with E-state index in [0.717, 1.165) is 12.8 Å². The SMILES string of the molecule is COc1ccc(C(=O)N(C)CCOc2ccccc2Cl)cc1S(=O)(=O)N1CCCC1. The molecule has 1 aliphatic rings. The van der Waals surface area contributed by atoms with Gasteiger partial charge in [-0.25, -0.2) is 8.42 Å². The largest absolute Gasteiger partial charge is 0.495 e. The van der Waals surface area contributed by atoms with Crippen LogP contribution in [0.15, 0.2) is 47.4 Å². The molecule has 30 heavy (non-hydrogen) atoms. The molecule has 162 valence electrons. The van der Waals surface area contributed by atoms with Gasteiger partial charge in [0.05, 0.1) is 18.7 Å². The summed E-state index contributed by atoms with van der Waals surface area (Å²) in [5.74, 6) is 0.463. The van der Waals surface area contributed by atoms with E-state index in [2.05, 4.69) is 0 Å². The van der Waals surface area contributed by atoms with Gasteiger partial charge in [-0.05, 0) is 43.2 Å². The van der Waals surface area contributed by atoms with E-state index in [9.17, 15) is 13.2 Å². The summed E-state index contributed by atoms with van der Waals surface area (Å²) in [6.45, 7) is 1.51. The zero-order valence-electron chi connectivity index (χ0n) is 17.0. The number of carbonyl (C=O) groups excluding carboxylic acids is 1. The van der Waals surface area contributed by atoms with Crippen molar-refractivity contribution in [1.82, 2.24) is 9.21 Å². The Hall–Kier alpha value is -2.29. The quantitative estimate of drug-likeness (QED) is 0.614. The number of ether oxygens (including phenoxy) is 2. The van der Waals surface area contributed by atoms with E-state index in [4.69, 9.17) is 21.1 Å². The van der Waals surface area contributed by atoms with Gasteiger partial charge < -0.3 is 14.4 Å². The highest BCUT2D eigenvalue weighted by atomic mass is 35.5. The van der Waals surface area contributed by atoms with Crippen molar-refractivity contribution in [2.75, 3.05) is 40.4 Å². The molecular weight excluding hydrogens is 428 g/mol. The lowest BCUT2D eigenvalue weighted by atomic mass is 10.2. The molecule has 0 atom stereocenters. The Kier molecular flexibility index (Phi) is 7.23. The van der Waals surface area contributed by atoms with Gasteiger partial charge in [0.2, 0.25) is 10.0 Å². The summed E-state index contributed by atoms with van der Waals surface area (Å²) in [7, 11) is -0.672. The van der Waals surface area contributed by atoms with Crippen LogP contribution in [0.5, 0.6) is 11.5 Å². The van der Waals surface area contributed by atoms with Gasteiger partial charge in [0.1, 0.15) is 23.0 Å². The third-order valence-electron chi connectivity index (χ3n) is 4.96. The van der Waals surface area contributed by atoms with E-state index in [1.165, 1.54) is 28.4 Å². The second-order valence-electron chi connectivity index (χ2n) is 6.98. The molecule has 0 aromatic heterocycles. The van der Waals surface area contributed by atoms with Gasteiger partial charge in [-0.2, -0.15) is 4.31 Å². The predicted octanol–water partition coefficient (Wildman–Crippen LogP) is 3.28. The maximum absolute atomic E-state index is 13.0. The minimum absolute atomic E-state index is 0.0125. The first kappa shape index (κ1) is 22.4. The summed E-state index contributed by atoms with van der Waals surface area (Å²) in [5.41, 5.74) is 0.272. The summed E-state index contributed by atoms with van der Waals surface area (Å²) < 4.78 is 38.3. The Labute approximate surface area is 182 Å². The summed E-state index contributed by atoms with van der Waals surface area (Å²) in [6.07, 6.45) is 1.66. The van der Waals surface area contributed by atoms with Crippen LogP contribution in [0.1, 0.15) is 23.2 Å². The molecule has 0 unspecified atom stereocenters. The lowest BCUT2D eigenvalue weighted by molar-refractivity contribution is 0.0773. The molecule has 7 nitrogen and oxygen atoms in total. The van der Waals surface area contributed by atoms with Gasteiger partial charge in [0.15, 0.2) is 0 Å². The smallest absolute Gasteiger partial charge is 0.253 e. The fraction of sp³-hybridized carbons (Fsp3) is 0.381. The van der Waals surface area contributed by atoms with Crippen molar-refractivity contribution in [3.63, 3.8) is 0 Å². The van der Waals surface area contributed by atoms with E-state index >= 15 is 0 Å². The van der Waals surface area contributed by atoms with Crippen LogP contribution in [0.25, 0.3) is 0 Å². The fourth-order valence-corrected chi connectivity index (χ4v) is 5.14. The Morgan fingerprint density at radius 3 is 2.50 bits per heavy atom. The Bertz CT molecular complexity index is 1010. The van der Waals surface area contributed by atoms with Gasteiger partial charge >= 0.3 is 0 Å². The highest BCUT2D eigenvalue weighted by Gasteiger charge is 2.31. The van der Waals surface area contributed by atoms with Crippen molar-refractivity contribution in [1.29, 1.82) is 0 Å². The van der Waals surface area contributed by atoms with Crippen molar-refractivity contribution in [2.24, 2.45) is 0 Å². The Balaban J connectivity index is 1.73. The van der Waals surface area contributed by atoms with Crippen molar-refractivity contribution in [2.45, 2.75) is 17.7 Å². The number of rotatable bonds is 8. The molecule has 0 spiro atoms. The number of sulfonamides is 1. The lowest BCUT2D eigenvalue weighted by Crippen LogP contribution is -2.32. The third-order valence-corrected chi connectivity index (χ3v) is 7.19. The number of amides is 1. The number of nitrogens with zero attached hydrogens (tertiary/aromatic N) is 2.